The van der Waals surface area contributed by atoms with Gasteiger partial charge in [0.25, 0.3) is 0 Å². The molecule has 0 spiro atoms. The number of aromatic nitrogens is 1. The van der Waals surface area contributed by atoms with Gasteiger partial charge in [0.2, 0.25) is 0 Å². The van der Waals surface area contributed by atoms with Crippen molar-refractivity contribution in [2.24, 2.45) is 0 Å². The molecule has 0 aliphatic carbocycles. The first-order chi connectivity index (χ1) is 25.3. The molecule has 238 valence electrons. The van der Waals surface area contributed by atoms with Crippen LogP contribution in [0.4, 0.5) is 17.1 Å². The van der Waals surface area contributed by atoms with Crippen molar-refractivity contribution in [1.29, 1.82) is 0 Å². The highest BCUT2D eigenvalue weighted by atomic mass is 16.3. The fraction of sp³-hybridized carbons (Fsp3) is 0. The number of rotatable bonds is 4. The third-order valence-electron chi connectivity index (χ3n) is 10.5. The van der Waals surface area contributed by atoms with E-state index in [2.05, 4.69) is 179 Å². The SMILES string of the molecule is c1ccc(-n2c3ccccc3c3c(N(c4ccc5c(c4)oc4ccccc45)c4cccc5ccc6ccc7ccccc7c6c45)cccc32)cc1. The second kappa shape index (κ2) is 10.8. The van der Waals surface area contributed by atoms with Crippen LogP contribution in [0.1, 0.15) is 0 Å². The van der Waals surface area contributed by atoms with E-state index in [1.807, 2.05) is 12.1 Å². The summed E-state index contributed by atoms with van der Waals surface area (Å²) in [5.74, 6) is 0. The van der Waals surface area contributed by atoms with Crippen molar-refractivity contribution < 1.29 is 4.42 Å². The van der Waals surface area contributed by atoms with Gasteiger partial charge in [-0.15, -0.1) is 0 Å². The summed E-state index contributed by atoms with van der Waals surface area (Å²) in [4.78, 5) is 2.46. The van der Waals surface area contributed by atoms with Crippen LogP contribution in [-0.4, -0.2) is 4.57 Å². The molecule has 3 nitrogen and oxygen atoms in total. The van der Waals surface area contributed by atoms with E-state index in [1.54, 1.807) is 0 Å². The van der Waals surface area contributed by atoms with E-state index in [-0.39, 0.29) is 0 Å². The third kappa shape index (κ3) is 4.12. The maximum Gasteiger partial charge on any atom is 0.137 e. The van der Waals surface area contributed by atoms with Crippen molar-refractivity contribution in [2.75, 3.05) is 4.90 Å². The summed E-state index contributed by atoms with van der Waals surface area (Å²) in [6.07, 6.45) is 0. The first-order valence-corrected chi connectivity index (χ1v) is 17.4. The van der Waals surface area contributed by atoms with Crippen LogP contribution in [0.2, 0.25) is 0 Å². The highest BCUT2D eigenvalue weighted by Gasteiger charge is 2.24. The highest BCUT2D eigenvalue weighted by molar-refractivity contribution is 6.26. The molecular formula is C48H30N2O. The van der Waals surface area contributed by atoms with E-state index in [9.17, 15) is 0 Å². The Labute approximate surface area is 293 Å². The van der Waals surface area contributed by atoms with Gasteiger partial charge in [0.05, 0.1) is 22.4 Å². The fourth-order valence-electron chi connectivity index (χ4n) is 8.34. The molecule has 3 heteroatoms. The zero-order valence-corrected chi connectivity index (χ0v) is 27.6. The molecule has 0 fully saturated rings. The van der Waals surface area contributed by atoms with Crippen molar-refractivity contribution in [3.63, 3.8) is 0 Å². The maximum atomic E-state index is 6.52. The highest BCUT2D eigenvalue weighted by Crippen LogP contribution is 2.48. The van der Waals surface area contributed by atoms with Gasteiger partial charge >= 0.3 is 0 Å². The van der Waals surface area contributed by atoms with Gasteiger partial charge < -0.3 is 13.9 Å². The summed E-state index contributed by atoms with van der Waals surface area (Å²) < 4.78 is 8.91. The van der Waals surface area contributed by atoms with E-state index in [4.69, 9.17) is 4.42 Å². The zero-order valence-electron chi connectivity index (χ0n) is 27.6. The average Bonchev–Trinajstić information content (AvgIpc) is 3.74. The van der Waals surface area contributed by atoms with Crippen LogP contribution in [0.5, 0.6) is 0 Å². The molecule has 0 atom stereocenters. The van der Waals surface area contributed by atoms with Gasteiger partial charge in [-0.3, -0.25) is 0 Å². The minimum absolute atomic E-state index is 0.869. The van der Waals surface area contributed by atoms with Gasteiger partial charge in [0, 0.05) is 44.4 Å². The quantitative estimate of drug-likeness (QED) is 0.177. The number of para-hydroxylation sites is 3. The van der Waals surface area contributed by atoms with Crippen molar-refractivity contribution in [1.82, 2.24) is 4.57 Å². The third-order valence-corrected chi connectivity index (χ3v) is 10.5. The molecule has 2 aromatic heterocycles. The summed E-state index contributed by atoms with van der Waals surface area (Å²) in [6, 6.07) is 65.6. The topological polar surface area (TPSA) is 21.3 Å². The van der Waals surface area contributed by atoms with Gasteiger partial charge in [0.15, 0.2) is 0 Å². The van der Waals surface area contributed by atoms with Gasteiger partial charge in [-0.25, -0.2) is 0 Å². The number of benzene rings is 9. The summed E-state index contributed by atoms with van der Waals surface area (Å²) in [7, 11) is 0. The lowest BCUT2D eigenvalue weighted by Crippen LogP contribution is -2.11. The summed E-state index contributed by atoms with van der Waals surface area (Å²) in [5.41, 5.74) is 8.50. The molecule has 0 aliphatic heterocycles. The number of hydrogen-bond donors (Lipinski definition) is 0. The van der Waals surface area contributed by atoms with Gasteiger partial charge in [-0.05, 0) is 81.5 Å². The lowest BCUT2D eigenvalue weighted by molar-refractivity contribution is 0.669. The Balaban J connectivity index is 1.30. The molecule has 0 N–H and O–H groups in total. The lowest BCUT2D eigenvalue weighted by Gasteiger charge is -2.28. The van der Waals surface area contributed by atoms with Crippen LogP contribution >= 0.6 is 0 Å². The van der Waals surface area contributed by atoms with Crippen LogP contribution in [0, 0.1) is 0 Å². The fourth-order valence-corrected chi connectivity index (χ4v) is 8.34. The van der Waals surface area contributed by atoms with Crippen LogP contribution in [0.15, 0.2) is 186 Å². The van der Waals surface area contributed by atoms with Crippen molar-refractivity contribution in [2.45, 2.75) is 0 Å². The number of anilines is 3. The van der Waals surface area contributed by atoms with Crippen molar-refractivity contribution in [3.8, 4) is 5.69 Å². The van der Waals surface area contributed by atoms with Crippen LogP contribution in [-0.2, 0) is 0 Å². The largest absolute Gasteiger partial charge is 0.456 e. The monoisotopic (exact) mass is 650 g/mol. The second-order valence-corrected chi connectivity index (χ2v) is 13.3. The Morgan fingerprint density at radius 2 is 0.980 bits per heavy atom. The number of fused-ring (bicyclic) bond motifs is 11. The van der Waals surface area contributed by atoms with Crippen molar-refractivity contribution in [3.05, 3.63) is 182 Å². The number of furan rings is 1. The second-order valence-electron chi connectivity index (χ2n) is 13.3. The molecule has 0 radical (unpaired) electrons. The van der Waals surface area contributed by atoms with E-state index in [1.165, 1.54) is 48.6 Å². The number of hydrogen-bond acceptors (Lipinski definition) is 2. The predicted molar refractivity (Wildman–Crippen MR) is 215 cm³/mol. The first kappa shape index (κ1) is 28.0. The van der Waals surface area contributed by atoms with E-state index in [0.29, 0.717) is 0 Å². The minimum Gasteiger partial charge on any atom is -0.456 e. The van der Waals surface area contributed by atoms with Gasteiger partial charge in [-0.1, -0.05) is 121 Å². The zero-order chi connectivity index (χ0) is 33.5. The smallest absolute Gasteiger partial charge is 0.137 e. The molecule has 9 aromatic carbocycles. The van der Waals surface area contributed by atoms with Gasteiger partial charge in [-0.2, -0.15) is 0 Å². The summed E-state index contributed by atoms with van der Waals surface area (Å²) in [5, 5.41) is 12.0. The van der Waals surface area contributed by atoms with E-state index >= 15 is 0 Å². The minimum atomic E-state index is 0.869. The molecule has 0 saturated heterocycles. The predicted octanol–water partition coefficient (Wildman–Crippen LogP) is 13.6. The average molecular weight is 651 g/mol. The molecule has 0 amide bonds. The normalized spacial score (nSPS) is 11.9. The molecule has 11 rings (SSSR count). The van der Waals surface area contributed by atoms with E-state index < -0.39 is 0 Å². The Bertz CT molecular complexity index is 3150. The van der Waals surface area contributed by atoms with Crippen molar-refractivity contribution >= 4 is 93.1 Å². The summed E-state index contributed by atoms with van der Waals surface area (Å²) >= 11 is 0. The number of nitrogens with zero attached hydrogens (tertiary/aromatic N) is 2. The van der Waals surface area contributed by atoms with Crippen LogP contribution in [0.3, 0.4) is 0 Å². The standard InChI is InChI=1S/C48H30N2O/c1-2-14-34(15-3-1)49-40-19-8-6-18-39(40)48-42(49)21-11-22-43(48)50(35-28-29-38-37-17-7-9-23-44(37)51-45(38)30-35)41-20-10-13-32-26-27-33-25-24-31-12-4-5-16-36(31)46(33)47(32)41/h1-30H. The molecular weight excluding hydrogens is 621 g/mol. The molecule has 0 bridgehead atoms. The molecule has 0 unspecified atom stereocenters. The molecule has 0 saturated carbocycles. The Kier molecular flexibility index (Phi) is 5.96. The Hall–Kier alpha value is -6.84. The molecule has 51 heavy (non-hydrogen) atoms. The molecule has 11 aromatic rings. The molecule has 2 heterocycles. The Morgan fingerprint density at radius 1 is 0.373 bits per heavy atom. The van der Waals surface area contributed by atoms with E-state index in [0.717, 1.165) is 50.2 Å². The Morgan fingerprint density at radius 3 is 1.84 bits per heavy atom. The van der Waals surface area contributed by atoms with Gasteiger partial charge in [0.1, 0.15) is 11.2 Å². The van der Waals surface area contributed by atoms with Crippen LogP contribution < -0.4 is 4.90 Å². The summed E-state index contributed by atoms with van der Waals surface area (Å²) in [6.45, 7) is 0. The first-order valence-electron chi connectivity index (χ1n) is 17.4. The molecule has 0 aliphatic rings. The van der Waals surface area contributed by atoms with Crippen LogP contribution in [0.25, 0.3) is 81.7 Å². The lowest BCUT2D eigenvalue weighted by atomic mass is 9.94. The maximum absolute atomic E-state index is 6.52.